The van der Waals surface area contributed by atoms with Gasteiger partial charge in [-0.2, -0.15) is 15.6 Å². The Morgan fingerprint density at radius 1 is 0.313 bits per heavy atom. The van der Waals surface area contributed by atoms with Crippen molar-refractivity contribution in [3.63, 3.8) is 0 Å². The molecule has 0 radical (unpaired) electrons. The Morgan fingerprint density at radius 2 is 0.727 bits per heavy atom. The van der Waals surface area contributed by atoms with E-state index < -0.39 is 0 Å². The number of pyridine rings is 3. The van der Waals surface area contributed by atoms with Crippen molar-refractivity contribution in [1.82, 2.24) is 76.8 Å². The fourth-order valence-electron chi connectivity index (χ4n) is 11.6. The first-order valence-electron chi connectivity index (χ1n) is 32.7. The lowest BCUT2D eigenvalue weighted by molar-refractivity contribution is 0.301. The molecule has 0 amide bonds. The van der Waals surface area contributed by atoms with E-state index in [1.807, 2.05) is 146 Å². The number of rotatable bonds is 25. The van der Waals surface area contributed by atoms with Crippen LogP contribution in [0.15, 0.2) is 243 Å². The number of tetrazole rings is 3. The van der Waals surface area contributed by atoms with Gasteiger partial charge in [0.25, 0.3) is 0 Å². The molecule has 0 atom stereocenters. The van der Waals surface area contributed by atoms with Gasteiger partial charge in [-0.3, -0.25) is 0 Å². The van der Waals surface area contributed by atoms with Crippen molar-refractivity contribution in [2.24, 2.45) is 0 Å². The molecule has 6 aromatic heterocycles. The van der Waals surface area contributed by atoms with Crippen LogP contribution in [-0.4, -0.2) is 91.0 Å². The Labute approximate surface area is 571 Å². The number of nitrogens with zero attached hydrogens (tertiary/aromatic N) is 12. The molecule has 492 valence electrons. The minimum Gasteiger partial charge on any atom is -0.496 e. The highest BCUT2D eigenvalue weighted by Gasteiger charge is 2.14. The highest BCUT2D eigenvalue weighted by Crippen LogP contribution is 2.30. The van der Waals surface area contributed by atoms with Crippen molar-refractivity contribution in [2.45, 2.75) is 71.2 Å². The van der Waals surface area contributed by atoms with Crippen LogP contribution in [0.2, 0.25) is 0 Å². The van der Waals surface area contributed by atoms with Gasteiger partial charge in [-0.05, 0) is 197 Å². The number of H-pyrrole nitrogens is 3. The quantitative estimate of drug-likeness (QED) is 0.0450. The molecule has 0 saturated heterocycles. The van der Waals surface area contributed by atoms with Gasteiger partial charge in [0, 0.05) is 39.3 Å². The van der Waals surface area contributed by atoms with E-state index in [0.717, 1.165) is 151 Å². The molecule has 99 heavy (non-hydrogen) atoms. The van der Waals surface area contributed by atoms with Gasteiger partial charge in [0.2, 0.25) is 17.5 Å². The first-order valence-corrected chi connectivity index (χ1v) is 32.7. The van der Waals surface area contributed by atoms with E-state index in [0.29, 0.717) is 43.7 Å². The Kier molecular flexibility index (Phi) is 21.5. The summed E-state index contributed by atoms with van der Waals surface area (Å²) >= 11 is 0. The van der Waals surface area contributed by atoms with Crippen LogP contribution in [0.4, 0.5) is 0 Å². The number of benzene rings is 9. The van der Waals surface area contributed by atoms with Gasteiger partial charge in [0.05, 0.1) is 47.9 Å². The molecule has 0 aliphatic heterocycles. The third-order valence-corrected chi connectivity index (χ3v) is 16.6. The zero-order chi connectivity index (χ0) is 67.2. The third kappa shape index (κ3) is 17.9. The molecular formula is C79H71N15O5. The van der Waals surface area contributed by atoms with E-state index in [-0.39, 0.29) is 0 Å². The number of nitrogens with one attached hydrogen (secondary N) is 3. The summed E-state index contributed by atoms with van der Waals surface area (Å²) < 4.78 is 29.2. The lowest BCUT2D eigenvalue weighted by atomic mass is 10.0. The molecule has 9 aromatic carbocycles. The van der Waals surface area contributed by atoms with Crippen molar-refractivity contribution >= 4 is 32.7 Å². The van der Waals surface area contributed by atoms with Gasteiger partial charge < -0.3 is 23.7 Å². The predicted octanol–water partition coefficient (Wildman–Crippen LogP) is 15.3. The van der Waals surface area contributed by atoms with Crippen LogP contribution in [0, 0.1) is 0 Å². The lowest BCUT2D eigenvalue weighted by Crippen LogP contribution is -1.99. The molecule has 0 saturated carbocycles. The van der Waals surface area contributed by atoms with Gasteiger partial charge in [0.15, 0.2) is 0 Å². The molecule has 15 rings (SSSR count). The summed E-state index contributed by atoms with van der Waals surface area (Å²) in [5.74, 6) is 5.94. The summed E-state index contributed by atoms with van der Waals surface area (Å²) in [7, 11) is 3.36. The molecule has 6 heterocycles. The fourth-order valence-corrected chi connectivity index (χ4v) is 11.6. The number of aryl methyl sites for hydroxylation is 4. The maximum Gasteiger partial charge on any atom is 0.204 e. The minimum atomic E-state index is 0.408. The third-order valence-electron chi connectivity index (χ3n) is 16.6. The van der Waals surface area contributed by atoms with Crippen LogP contribution in [-0.2, 0) is 51.9 Å². The van der Waals surface area contributed by atoms with Gasteiger partial charge in [-0.25, -0.2) is 15.0 Å². The molecular weight excluding hydrogens is 1240 g/mol. The number of hydrogen-bond donors (Lipinski definition) is 3. The summed E-state index contributed by atoms with van der Waals surface area (Å²) in [5, 5.41) is 46.1. The number of aromatic nitrogens is 15. The molecule has 15 aromatic rings. The SMILES string of the molecule is COc1cc(-c2nn[nH]n2)ccc1CCCCc1cccc(OCc2ccc3ccccc3n2)c1.COc1ccc(-c2nn[nH]n2)cc1Cc1cccc(OCc2ccc3ccccc3n2)c1.c1cc(CCCc2cccc(-c3nn[nH]n3)c2)cc(OCc2ccc3ccccc3n2)c1. The Hall–Kier alpha value is -12.6. The van der Waals surface area contributed by atoms with Gasteiger partial charge in [-0.1, -0.05) is 140 Å². The molecule has 0 bridgehead atoms. The van der Waals surface area contributed by atoms with Crippen molar-refractivity contribution in [1.29, 1.82) is 0 Å². The zero-order valence-corrected chi connectivity index (χ0v) is 54.8. The zero-order valence-electron chi connectivity index (χ0n) is 54.8. The second-order valence-electron chi connectivity index (χ2n) is 23.5. The first-order chi connectivity index (χ1) is 48.9. The maximum absolute atomic E-state index is 6.03. The molecule has 0 spiro atoms. The van der Waals surface area contributed by atoms with E-state index in [1.54, 1.807) is 14.2 Å². The Morgan fingerprint density at radius 3 is 1.21 bits per heavy atom. The highest BCUT2D eigenvalue weighted by molar-refractivity contribution is 5.80. The monoisotopic (exact) mass is 1310 g/mol. The summed E-state index contributed by atoms with van der Waals surface area (Å²) in [4.78, 5) is 14.0. The van der Waals surface area contributed by atoms with Crippen LogP contribution >= 0.6 is 0 Å². The number of unbranched alkanes of at least 4 members (excludes halogenated alkanes) is 1. The van der Waals surface area contributed by atoms with Crippen molar-refractivity contribution in [2.75, 3.05) is 14.2 Å². The number of para-hydroxylation sites is 3. The number of methoxy groups -OCH3 is 2. The lowest BCUT2D eigenvalue weighted by Gasteiger charge is -2.12. The predicted molar refractivity (Wildman–Crippen MR) is 381 cm³/mol. The summed E-state index contributed by atoms with van der Waals surface area (Å²) in [6, 6.07) is 81.5. The number of hydrogen-bond acceptors (Lipinski definition) is 17. The topological polar surface area (TPSA) is 248 Å². The van der Waals surface area contributed by atoms with E-state index in [2.05, 4.69) is 174 Å². The van der Waals surface area contributed by atoms with Crippen molar-refractivity contribution < 1.29 is 23.7 Å². The van der Waals surface area contributed by atoms with Crippen LogP contribution < -0.4 is 23.7 Å². The molecule has 0 aliphatic rings. The van der Waals surface area contributed by atoms with Crippen molar-refractivity contribution in [3.05, 3.63) is 293 Å². The average molecular weight is 1310 g/mol. The second-order valence-corrected chi connectivity index (χ2v) is 23.5. The molecule has 20 nitrogen and oxygen atoms in total. The first kappa shape index (κ1) is 65.1. The Balaban J connectivity index is 0.000000134. The van der Waals surface area contributed by atoms with E-state index >= 15 is 0 Å². The smallest absolute Gasteiger partial charge is 0.204 e. The van der Waals surface area contributed by atoms with Gasteiger partial charge >= 0.3 is 0 Å². The number of aromatic amines is 3. The second kappa shape index (κ2) is 32.7. The van der Waals surface area contributed by atoms with Gasteiger partial charge in [0.1, 0.15) is 48.6 Å². The summed E-state index contributed by atoms with van der Waals surface area (Å²) in [6.07, 6.45) is 7.77. The molecule has 0 fully saturated rings. The normalized spacial score (nSPS) is 11.0. The maximum atomic E-state index is 6.03. The number of fused-ring (bicyclic) bond motifs is 3. The largest absolute Gasteiger partial charge is 0.496 e. The molecule has 20 heteroatoms. The van der Waals surface area contributed by atoms with Gasteiger partial charge in [-0.15, -0.1) is 30.6 Å². The minimum absolute atomic E-state index is 0.408. The molecule has 0 unspecified atom stereocenters. The molecule has 0 aliphatic carbocycles. The van der Waals surface area contributed by atoms with Crippen molar-refractivity contribution in [3.8, 4) is 62.9 Å². The van der Waals surface area contributed by atoms with Crippen LogP contribution in [0.3, 0.4) is 0 Å². The van der Waals surface area contributed by atoms with E-state index in [4.69, 9.17) is 23.7 Å². The Bertz CT molecular complexity index is 5070. The average Bonchev–Trinajstić information content (AvgIpc) is 1.88. The number of ether oxygens (including phenoxy) is 5. The van der Waals surface area contributed by atoms with E-state index in [9.17, 15) is 0 Å². The van der Waals surface area contributed by atoms with Crippen LogP contribution in [0.1, 0.15) is 69.7 Å². The van der Waals surface area contributed by atoms with Crippen LogP contribution in [0.25, 0.3) is 66.9 Å². The molecule has 3 N–H and O–H groups in total. The fraction of sp³-hybridized carbons (Fsp3) is 0.165. The summed E-state index contributed by atoms with van der Waals surface area (Å²) in [6.45, 7) is 1.32. The standard InChI is InChI=1S/C28H27N5O2.C26H23N5O.C25H21N5O2/c1-34-27-18-23(28-30-32-33-31-28)14-13-22(27)10-3-2-7-20-8-6-11-25(17-20)35-19-24-16-15-21-9-4-5-12-26(21)29-24;1-2-13-25-21(10-1)14-15-23(27-25)18-32-24-12-5-9-20(17-24)7-3-6-19-8-4-11-22(16-19)26-28-30-31-29-26;1-31-24-12-10-19(25-27-29-30-28-25)15-20(24)13-17-5-4-7-22(14-17)32-16-21-11-9-18-6-2-3-8-23(18)26-21/h4-6,8-9,11-18H,2-3,7,10,19H2,1H3,(H,30,31,32,33);1-2,4-5,8-17H,3,6-7,18H2,(H,28,29,30,31);2-12,14-15H,13,16H2,1H3,(H,27,28,29,30). The summed E-state index contributed by atoms with van der Waals surface area (Å²) in [5.41, 5.74) is 15.6. The van der Waals surface area contributed by atoms with E-state index in [1.165, 1.54) is 22.3 Å². The highest BCUT2D eigenvalue weighted by atomic mass is 16.5. The van der Waals surface area contributed by atoms with Crippen LogP contribution in [0.5, 0.6) is 28.7 Å².